The van der Waals surface area contributed by atoms with Gasteiger partial charge in [0.2, 0.25) is 0 Å². The smallest absolute Gasteiger partial charge is 0.135 e. The number of nitrogens with zero attached hydrogens (tertiary/aromatic N) is 3. The highest BCUT2D eigenvalue weighted by Crippen LogP contribution is 2.26. The van der Waals surface area contributed by atoms with Crippen molar-refractivity contribution >= 4 is 17.3 Å². The molecule has 2 heterocycles. The van der Waals surface area contributed by atoms with Crippen LogP contribution in [0.2, 0.25) is 0 Å². The van der Waals surface area contributed by atoms with E-state index >= 15 is 0 Å². The molecule has 4 heteroatoms. The van der Waals surface area contributed by atoms with E-state index in [1.165, 1.54) is 22.3 Å². The van der Waals surface area contributed by atoms with E-state index in [4.69, 9.17) is 0 Å². The summed E-state index contributed by atoms with van der Waals surface area (Å²) in [6.07, 6.45) is 2.70. The van der Waals surface area contributed by atoms with E-state index in [9.17, 15) is 0 Å². The summed E-state index contributed by atoms with van der Waals surface area (Å²) in [5, 5.41) is 3.43. The van der Waals surface area contributed by atoms with E-state index in [0.29, 0.717) is 0 Å². The molecule has 2 aromatic carbocycles. The summed E-state index contributed by atoms with van der Waals surface area (Å²) in [6.45, 7) is 6.13. The second-order valence-electron chi connectivity index (χ2n) is 6.57. The van der Waals surface area contributed by atoms with Crippen LogP contribution in [0, 0.1) is 13.8 Å². The third kappa shape index (κ3) is 3.20. The van der Waals surface area contributed by atoms with Crippen LogP contribution in [0.4, 0.5) is 17.3 Å². The largest absolute Gasteiger partial charge is 0.352 e. The molecule has 1 aliphatic rings. The van der Waals surface area contributed by atoms with Gasteiger partial charge in [0, 0.05) is 24.8 Å². The van der Waals surface area contributed by atoms with Crippen molar-refractivity contribution < 1.29 is 0 Å². The van der Waals surface area contributed by atoms with E-state index in [2.05, 4.69) is 76.5 Å². The number of benzene rings is 2. The Morgan fingerprint density at radius 2 is 1.80 bits per heavy atom. The van der Waals surface area contributed by atoms with Gasteiger partial charge in [-0.3, -0.25) is 0 Å². The number of rotatable bonds is 3. The third-order valence-electron chi connectivity index (χ3n) is 4.97. The van der Waals surface area contributed by atoms with Crippen molar-refractivity contribution in [3.8, 4) is 0 Å². The molecule has 0 aliphatic carbocycles. The Morgan fingerprint density at radius 3 is 2.68 bits per heavy atom. The normalized spacial score (nSPS) is 13.4. The molecule has 126 valence electrons. The zero-order valence-corrected chi connectivity index (χ0v) is 14.7. The quantitative estimate of drug-likeness (QED) is 0.773. The fourth-order valence-electron chi connectivity index (χ4n) is 3.30. The first-order chi connectivity index (χ1) is 12.2. The molecule has 0 atom stereocenters. The van der Waals surface area contributed by atoms with Gasteiger partial charge in [0.25, 0.3) is 0 Å². The van der Waals surface area contributed by atoms with Gasteiger partial charge in [-0.25, -0.2) is 9.97 Å². The van der Waals surface area contributed by atoms with E-state index in [1.807, 2.05) is 6.07 Å². The van der Waals surface area contributed by atoms with Gasteiger partial charge in [-0.05, 0) is 48.6 Å². The van der Waals surface area contributed by atoms with Gasteiger partial charge in [0.1, 0.15) is 18.0 Å². The average Bonchev–Trinajstić information content (AvgIpc) is 2.65. The number of hydrogen-bond donors (Lipinski definition) is 1. The first-order valence-corrected chi connectivity index (χ1v) is 8.68. The van der Waals surface area contributed by atoms with Gasteiger partial charge in [0.05, 0.1) is 0 Å². The molecule has 1 N–H and O–H groups in total. The van der Waals surface area contributed by atoms with Gasteiger partial charge >= 0.3 is 0 Å². The van der Waals surface area contributed by atoms with Crippen molar-refractivity contribution in [2.45, 2.75) is 26.8 Å². The topological polar surface area (TPSA) is 41.0 Å². The van der Waals surface area contributed by atoms with Gasteiger partial charge in [-0.15, -0.1) is 0 Å². The zero-order chi connectivity index (χ0) is 17.2. The Hall–Kier alpha value is -2.88. The van der Waals surface area contributed by atoms with Gasteiger partial charge in [-0.2, -0.15) is 0 Å². The number of aryl methyl sites for hydroxylation is 1. The summed E-state index contributed by atoms with van der Waals surface area (Å²) in [5.41, 5.74) is 6.44. The van der Waals surface area contributed by atoms with Crippen LogP contribution in [-0.2, 0) is 13.0 Å². The second-order valence-corrected chi connectivity index (χ2v) is 6.57. The Morgan fingerprint density at radius 1 is 0.960 bits per heavy atom. The minimum absolute atomic E-state index is 0.831. The van der Waals surface area contributed by atoms with Crippen molar-refractivity contribution in [1.29, 1.82) is 0 Å². The van der Waals surface area contributed by atoms with Crippen LogP contribution in [0.5, 0.6) is 0 Å². The maximum atomic E-state index is 4.49. The Kier molecular flexibility index (Phi) is 4.10. The molecule has 0 saturated heterocycles. The van der Waals surface area contributed by atoms with E-state index in [1.54, 1.807) is 6.33 Å². The minimum Gasteiger partial charge on any atom is -0.352 e. The van der Waals surface area contributed by atoms with Crippen LogP contribution in [0.25, 0.3) is 0 Å². The lowest BCUT2D eigenvalue weighted by Gasteiger charge is -2.29. The van der Waals surface area contributed by atoms with Crippen LogP contribution >= 0.6 is 0 Å². The first kappa shape index (κ1) is 15.6. The summed E-state index contributed by atoms with van der Waals surface area (Å²) in [6, 6.07) is 17.0. The summed E-state index contributed by atoms with van der Waals surface area (Å²) < 4.78 is 0. The monoisotopic (exact) mass is 330 g/mol. The fraction of sp³-hybridized carbons (Fsp3) is 0.238. The fourth-order valence-corrected chi connectivity index (χ4v) is 3.30. The lowest BCUT2D eigenvalue weighted by Crippen LogP contribution is -2.31. The van der Waals surface area contributed by atoms with Crippen LogP contribution in [-0.4, -0.2) is 16.5 Å². The van der Waals surface area contributed by atoms with Crippen molar-refractivity contribution in [3.05, 3.63) is 77.1 Å². The van der Waals surface area contributed by atoms with Crippen LogP contribution < -0.4 is 10.2 Å². The maximum Gasteiger partial charge on any atom is 0.135 e. The molecule has 25 heavy (non-hydrogen) atoms. The summed E-state index contributed by atoms with van der Waals surface area (Å²) in [7, 11) is 0. The highest BCUT2D eigenvalue weighted by atomic mass is 15.2. The number of anilines is 3. The van der Waals surface area contributed by atoms with Crippen molar-refractivity contribution in [2.24, 2.45) is 0 Å². The lowest BCUT2D eigenvalue weighted by molar-refractivity contribution is 0.719. The molecule has 4 nitrogen and oxygen atoms in total. The number of nitrogens with one attached hydrogen (secondary N) is 1. The molecule has 0 bridgehead atoms. The molecule has 0 unspecified atom stereocenters. The molecule has 3 aromatic rings. The predicted molar refractivity (Wildman–Crippen MR) is 102 cm³/mol. The average molecular weight is 330 g/mol. The molecule has 4 rings (SSSR count). The number of hydrogen-bond acceptors (Lipinski definition) is 4. The van der Waals surface area contributed by atoms with Crippen LogP contribution in [0.15, 0.2) is 54.9 Å². The lowest BCUT2D eigenvalue weighted by atomic mass is 10.00. The molecule has 1 aliphatic heterocycles. The molecular formula is C21H22N4. The molecule has 1 aromatic heterocycles. The van der Waals surface area contributed by atoms with Gasteiger partial charge < -0.3 is 10.2 Å². The van der Waals surface area contributed by atoms with Gasteiger partial charge in [0.15, 0.2) is 0 Å². The standard InChI is InChI=1S/C21H22N4/c1-15-6-5-9-19(16(15)2)24-20-12-21(23-14-22-20)25-11-10-17-7-3-4-8-18(17)13-25/h3-9,12,14H,10-11,13H2,1-2H3,(H,22,23,24). The molecule has 0 amide bonds. The van der Waals surface area contributed by atoms with E-state index < -0.39 is 0 Å². The second kappa shape index (κ2) is 6.55. The Labute approximate surface area is 148 Å². The molecular weight excluding hydrogens is 308 g/mol. The zero-order valence-electron chi connectivity index (χ0n) is 14.7. The first-order valence-electron chi connectivity index (χ1n) is 8.68. The number of aromatic nitrogens is 2. The van der Waals surface area contributed by atoms with Crippen molar-refractivity contribution in [3.63, 3.8) is 0 Å². The molecule has 0 saturated carbocycles. The Balaban J connectivity index is 1.57. The van der Waals surface area contributed by atoms with Crippen molar-refractivity contribution in [2.75, 3.05) is 16.8 Å². The summed E-state index contributed by atoms with van der Waals surface area (Å²) in [5.74, 6) is 1.80. The Bertz CT molecular complexity index is 904. The highest BCUT2D eigenvalue weighted by molar-refractivity contribution is 5.64. The third-order valence-corrected chi connectivity index (χ3v) is 4.97. The molecule has 0 fully saturated rings. The minimum atomic E-state index is 0.831. The van der Waals surface area contributed by atoms with Crippen LogP contribution in [0.3, 0.4) is 0 Å². The summed E-state index contributed by atoms with van der Waals surface area (Å²) in [4.78, 5) is 11.2. The SMILES string of the molecule is Cc1cccc(Nc2cc(N3CCc4ccccc4C3)ncn2)c1C. The predicted octanol–water partition coefficient (Wildman–Crippen LogP) is 4.40. The molecule has 0 spiro atoms. The van der Waals surface area contributed by atoms with E-state index in [0.717, 1.165) is 36.8 Å². The number of fused-ring (bicyclic) bond motifs is 1. The summed E-state index contributed by atoms with van der Waals surface area (Å²) >= 11 is 0. The molecule has 0 radical (unpaired) electrons. The van der Waals surface area contributed by atoms with Crippen LogP contribution in [0.1, 0.15) is 22.3 Å². The maximum absolute atomic E-state index is 4.49. The van der Waals surface area contributed by atoms with Gasteiger partial charge in [-0.1, -0.05) is 36.4 Å². The van der Waals surface area contributed by atoms with E-state index in [-0.39, 0.29) is 0 Å². The van der Waals surface area contributed by atoms with Crippen molar-refractivity contribution in [1.82, 2.24) is 9.97 Å². The highest BCUT2D eigenvalue weighted by Gasteiger charge is 2.17.